The minimum atomic E-state index is -0.448. The van der Waals surface area contributed by atoms with Gasteiger partial charge in [-0.05, 0) is 34.4 Å². The van der Waals surface area contributed by atoms with Gasteiger partial charge >= 0.3 is 6.09 Å². The van der Waals surface area contributed by atoms with E-state index in [4.69, 9.17) is 18.9 Å². The number of rotatable bonds is 7. The highest BCUT2D eigenvalue weighted by Crippen LogP contribution is 2.44. The molecule has 0 aromatic heterocycles. The van der Waals surface area contributed by atoms with Gasteiger partial charge in [0.05, 0.1) is 21.3 Å². The minimum absolute atomic E-state index is 0.0398. The van der Waals surface area contributed by atoms with Gasteiger partial charge in [0.2, 0.25) is 5.75 Å². The summed E-state index contributed by atoms with van der Waals surface area (Å²) < 4.78 is 21.6. The summed E-state index contributed by atoms with van der Waals surface area (Å²) >= 11 is 0. The molecule has 0 heterocycles. The van der Waals surface area contributed by atoms with Crippen molar-refractivity contribution in [3.05, 3.63) is 77.4 Å². The first kappa shape index (κ1) is 23.1. The van der Waals surface area contributed by atoms with Gasteiger partial charge in [0.1, 0.15) is 6.61 Å². The van der Waals surface area contributed by atoms with Crippen molar-refractivity contribution in [2.45, 2.75) is 12.3 Å². The Morgan fingerprint density at radius 3 is 2.03 bits per heavy atom. The van der Waals surface area contributed by atoms with Gasteiger partial charge in [0.25, 0.3) is 0 Å². The zero-order chi connectivity index (χ0) is 23.9. The van der Waals surface area contributed by atoms with Gasteiger partial charge < -0.3 is 24.3 Å². The highest BCUT2D eigenvalue weighted by atomic mass is 16.5. The van der Waals surface area contributed by atoms with Gasteiger partial charge in [-0.3, -0.25) is 0 Å². The molecule has 3 aromatic rings. The number of benzene rings is 3. The third kappa shape index (κ3) is 4.79. The molecule has 0 spiro atoms. The van der Waals surface area contributed by atoms with E-state index >= 15 is 0 Å². The van der Waals surface area contributed by atoms with E-state index in [2.05, 4.69) is 41.4 Å². The van der Waals surface area contributed by atoms with Crippen LogP contribution in [0.3, 0.4) is 0 Å². The molecule has 0 saturated carbocycles. The summed E-state index contributed by atoms with van der Waals surface area (Å²) in [4.78, 5) is 12.3. The molecule has 4 rings (SSSR count). The molecule has 174 valence electrons. The summed E-state index contributed by atoms with van der Waals surface area (Å²) in [6, 6.07) is 20.1. The maximum absolute atomic E-state index is 12.3. The second-order valence-electron chi connectivity index (χ2n) is 7.72. The number of nitrogens with one attached hydrogen (secondary N) is 1. The van der Waals surface area contributed by atoms with Crippen molar-refractivity contribution >= 4 is 6.09 Å². The van der Waals surface area contributed by atoms with E-state index in [9.17, 15) is 4.79 Å². The molecule has 0 bridgehead atoms. The van der Waals surface area contributed by atoms with Gasteiger partial charge in [-0.15, -0.1) is 0 Å². The van der Waals surface area contributed by atoms with Crippen LogP contribution in [0.1, 0.15) is 29.0 Å². The summed E-state index contributed by atoms with van der Waals surface area (Å²) in [6.07, 6.45) is 0.0253. The average Bonchev–Trinajstić information content (AvgIpc) is 3.20. The summed E-state index contributed by atoms with van der Waals surface area (Å²) in [7, 11) is 4.68. The number of hydrogen-bond donors (Lipinski definition) is 1. The Hall–Kier alpha value is -4.11. The van der Waals surface area contributed by atoms with E-state index in [1.165, 1.54) is 22.3 Å². The molecule has 1 amide bonds. The number of carbonyl (C=O) groups is 1. The van der Waals surface area contributed by atoms with E-state index in [1.807, 2.05) is 24.3 Å². The van der Waals surface area contributed by atoms with Crippen LogP contribution in [0.25, 0.3) is 11.1 Å². The predicted octanol–water partition coefficient (Wildman–Crippen LogP) is 4.99. The molecule has 1 aliphatic rings. The van der Waals surface area contributed by atoms with Crippen LogP contribution in [0.15, 0.2) is 60.7 Å². The lowest BCUT2D eigenvalue weighted by molar-refractivity contribution is 0.143. The largest absolute Gasteiger partial charge is 0.493 e. The standard InChI is InChI=1S/C28H27NO5/c1-31-25-16-19(17-26(32-2)27(25)33-3)10-8-9-15-29-28(30)34-18-24-22-13-6-4-11-20(22)21-12-5-7-14-23(21)24/h4-7,11-14,16-17,24H,9,15,18H2,1-3H3,(H,29,30). The third-order valence-corrected chi connectivity index (χ3v) is 5.76. The van der Waals surface area contributed by atoms with Crippen LogP contribution in [-0.4, -0.2) is 40.6 Å². The van der Waals surface area contributed by atoms with E-state index < -0.39 is 6.09 Å². The van der Waals surface area contributed by atoms with E-state index in [0.717, 1.165) is 5.56 Å². The van der Waals surface area contributed by atoms with Gasteiger partial charge in [0.15, 0.2) is 11.5 Å². The lowest BCUT2D eigenvalue weighted by Crippen LogP contribution is -2.26. The molecule has 6 heteroatoms. The average molecular weight is 458 g/mol. The zero-order valence-corrected chi connectivity index (χ0v) is 19.5. The van der Waals surface area contributed by atoms with Gasteiger partial charge in [-0.2, -0.15) is 0 Å². The van der Waals surface area contributed by atoms with Crippen molar-refractivity contribution in [1.82, 2.24) is 5.32 Å². The predicted molar refractivity (Wildman–Crippen MR) is 131 cm³/mol. The van der Waals surface area contributed by atoms with Gasteiger partial charge in [0, 0.05) is 24.4 Å². The van der Waals surface area contributed by atoms with Gasteiger partial charge in [-0.1, -0.05) is 60.4 Å². The first-order valence-corrected chi connectivity index (χ1v) is 11.0. The summed E-state index contributed by atoms with van der Waals surface area (Å²) in [5.74, 6) is 7.76. The summed E-state index contributed by atoms with van der Waals surface area (Å²) in [5.41, 5.74) is 5.51. The van der Waals surface area contributed by atoms with E-state index in [0.29, 0.717) is 30.2 Å². The maximum Gasteiger partial charge on any atom is 0.407 e. The van der Waals surface area contributed by atoms with E-state index in [-0.39, 0.29) is 12.5 Å². The second kappa shape index (κ2) is 10.7. The highest BCUT2D eigenvalue weighted by molar-refractivity contribution is 5.79. The zero-order valence-electron chi connectivity index (χ0n) is 19.5. The summed E-state index contributed by atoms with van der Waals surface area (Å²) in [5, 5.41) is 2.77. The smallest absolute Gasteiger partial charge is 0.407 e. The van der Waals surface area contributed by atoms with Gasteiger partial charge in [-0.25, -0.2) is 4.79 Å². The van der Waals surface area contributed by atoms with Crippen LogP contribution in [0.2, 0.25) is 0 Å². The van der Waals surface area contributed by atoms with Crippen LogP contribution in [0.5, 0.6) is 17.2 Å². The fourth-order valence-corrected chi connectivity index (χ4v) is 4.19. The van der Waals surface area contributed by atoms with Crippen molar-refractivity contribution in [3.63, 3.8) is 0 Å². The normalized spacial score (nSPS) is 11.5. The minimum Gasteiger partial charge on any atom is -0.493 e. The van der Waals surface area contributed by atoms with E-state index in [1.54, 1.807) is 33.5 Å². The Morgan fingerprint density at radius 2 is 1.47 bits per heavy atom. The molecule has 3 aromatic carbocycles. The molecule has 0 aliphatic heterocycles. The quantitative estimate of drug-likeness (QED) is 0.400. The molecule has 0 saturated heterocycles. The molecule has 6 nitrogen and oxygen atoms in total. The number of alkyl carbamates (subject to hydrolysis) is 1. The first-order chi connectivity index (χ1) is 16.7. The van der Waals surface area contributed by atoms with Crippen LogP contribution >= 0.6 is 0 Å². The van der Waals surface area contributed by atoms with Crippen molar-refractivity contribution < 1.29 is 23.7 Å². The number of amides is 1. The Kier molecular flexibility index (Phi) is 7.24. The second-order valence-corrected chi connectivity index (χ2v) is 7.72. The summed E-state index contributed by atoms with van der Waals surface area (Å²) in [6.45, 7) is 0.672. The van der Waals surface area contributed by atoms with Crippen LogP contribution < -0.4 is 19.5 Å². The van der Waals surface area contributed by atoms with Crippen molar-refractivity contribution in [3.8, 4) is 40.2 Å². The van der Waals surface area contributed by atoms with Crippen molar-refractivity contribution in [2.75, 3.05) is 34.5 Å². The third-order valence-electron chi connectivity index (χ3n) is 5.76. The lowest BCUT2D eigenvalue weighted by atomic mass is 9.98. The molecule has 34 heavy (non-hydrogen) atoms. The molecular weight excluding hydrogens is 430 g/mol. The fraction of sp³-hybridized carbons (Fsp3) is 0.250. The number of fused-ring (bicyclic) bond motifs is 3. The number of hydrogen-bond acceptors (Lipinski definition) is 5. The molecule has 0 atom stereocenters. The Bertz CT molecular complexity index is 1170. The number of carbonyl (C=O) groups excluding carboxylic acids is 1. The van der Waals surface area contributed by atoms with Crippen LogP contribution in [0, 0.1) is 11.8 Å². The lowest BCUT2D eigenvalue weighted by Gasteiger charge is -2.14. The highest BCUT2D eigenvalue weighted by Gasteiger charge is 2.28. The topological polar surface area (TPSA) is 66.0 Å². The van der Waals surface area contributed by atoms with Crippen molar-refractivity contribution in [2.24, 2.45) is 0 Å². The van der Waals surface area contributed by atoms with Crippen LogP contribution in [-0.2, 0) is 4.74 Å². The monoisotopic (exact) mass is 457 g/mol. The molecule has 0 fully saturated rings. The Morgan fingerprint density at radius 1 is 0.882 bits per heavy atom. The Balaban J connectivity index is 1.30. The van der Waals surface area contributed by atoms with Crippen LogP contribution in [0.4, 0.5) is 4.79 Å². The molecular formula is C28H27NO5. The Labute approximate surface area is 199 Å². The molecule has 0 radical (unpaired) electrons. The molecule has 0 unspecified atom stereocenters. The van der Waals surface area contributed by atoms with Crippen molar-refractivity contribution in [1.29, 1.82) is 0 Å². The number of ether oxygens (including phenoxy) is 4. The molecule has 1 aliphatic carbocycles. The molecule has 1 N–H and O–H groups in total. The maximum atomic E-state index is 12.3. The SMILES string of the molecule is COc1cc(C#CCCNC(=O)OCC2c3ccccc3-c3ccccc32)cc(OC)c1OC. The first-order valence-electron chi connectivity index (χ1n) is 11.0. The fourth-order valence-electron chi connectivity index (χ4n) is 4.19. The number of methoxy groups -OCH3 is 3.